The molecule has 0 aromatic rings. The Morgan fingerprint density at radius 3 is 2.25 bits per heavy atom. The minimum absolute atomic E-state index is 0.582. The molecule has 0 fully saturated rings. The van der Waals surface area contributed by atoms with Gasteiger partial charge in [-0.3, -0.25) is 4.62 Å². The van der Waals surface area contributed by atoms with Crippen molar-refractivity contribution in [2.45, 2.75) is 0 Å². The topological polar surface area (TPSA) is 55.5 Å². The van der Waals surface area contributed by atoms with E-state index in [1.54, 1.807) is 0 Å². The van der Waals surface area contributed by atoms with Crippen molar-refractivity contribution in [2.24, 2.45) is 5.90 Å². The molecule has 1 atom stereocenters. The number of hydrogen-bond acceptors (Lipinski definition) is 3. The van der Waals surface area contributed by atoms with Crippen LogP contribution in [0, 0.1) is 0 Å². The van der Waals surface area contributed by atoms with E-state index in [2.05, 4.69) is 10.5 Å². The van der Waals surface area contributed by atoms with E-state index in [0.29, 0.717) is 0 Å². The standard InChI is InChI=1S/H4NO2P/c1-3-4-2/h2,4H,1H2. The van der Waals surface area contributed by atoms with Crippen LogP contribution in [-0.2, 0) is 4.62 Å². The average Bonchev–Trinajstić information content (AvgIpc) is 1.37. The van der Waals surface area contributed by atoms with Crippen molar-refractivity contribution in [3.63, 3.8) is 0 Å². The molecule has 0 radical (unpaired) electrons. The first-order valence-corrected chi connectivity index (χ1v) is 1.52. The lowest BCUT2D eigenvalue weighted by Crippen LogP contribution is -1.82. The first-order chi connectivity index (χ1) is 1.91. The monoisotopic (exact) mass is 81.0 g/mol. The van der Waals surface area contributed by atoms with Gasteiger partial charge in [-0.05, 0) is 0 Å². The molecule has 0 aromatic heterocycles. The van der Waals surface area contributed by atoms with Crippen molar-refractivity contribution in [3.8, 4) is 0 Å². The second kappa shape index (κ2) is 3.31. The molecule has 0 bridgehead atoms. The molecular weight excluding hydrogens is 77.0 g/mol. The molecular formula is H4NO2P. The average molecular weight is 81.0 g/mol. The predicted molar refractivity (Wildman–Crippen MR) is 15.8 cm³/mol. The molecule has 3 N–H and O–H groups in total. The summed E-state index contributed by atoms with van der Waals surface area (Å²) in [6, 6.07) is 0. The molecule has 0 aromatic carbocycles. The second-order valence-corrected chi connectivity index (χ2v) is 0.627. The van der Waals surface area contributed by atoms with E-state index in [1.165, 1.54) is 0 Å². The summed E-state index contributed by atoms with van der Waals surface area (Å²) < 4.78 is 3.62. The van der Waals surface area contributed by atoms with Gasteiger partial charge < -0.3 is 4.89 Å². The third-order valence-electron chi connectivity index (χ3n) is 0.0527. The maximum Gasteiger partial charge on any atom is 0.174 e. The fourth-order valence-corrected chi connectivity index (χ4v) is 0. The molecule has 0 saturated heterocycles. The Kier molecular flexibility index (Phi) is 3.57. The van der Waals surface area contributed by atoms with Gasteiger partial charge >= 0.3 is 0 Å². The zero-order valence-corrected chi connectivity index (χ0v) is 2.93. The zero-order chi connectivity index (χ0) is 3.41. The van der Waals surface area contributed by atoms with Crippen LogP contribution < -0.4 is 5.90 Å². The molecule has 26 valence electrons. The van der Waals surface area contributed by atoms with E-state index < -0.39 is 9.03 Å². The fourth-order valence-electron chi connectivity index (χ4n) is 0. The molecule has 0 saturated carbocycles. The van der Waals surface area contributed by atoms with E-state index in [1.807, 2.05) is 0 Å². The van der Waals surface area contributed by atoms with Gasteiger partial charge in [0.2, 0.25) is 0 Å². The minimum Gasteiger partial charge on any atom is -0.351 e. The summed E-state index contributed by atoms with van der Waals surface area (Å²) in [4.78, 5) is 7.56. The summed E-state index contributed by atoms with van der Waals surface area (Å²) in [5.74, 6) is 4.29. The van der Waals surface area contributed by atoms with Crippen molar-refractivity contribution in [1.29, 1.82) is 0 Å². The predicted octanol–water partition coefficient (Wildman–Crippen LogP) is -0.622. The van der Waals surface area contributed by atoms with Crippen molar-refractivity contribution in [3.05, 3.63) is 0 Å². The normalized spacial score (nSPS) is 10.5. The highest BCUT2D eigenvalue weighted by atomic mass is 31.1. The van der Waals surface area contributed by atoms with Gasteiger partial charge in [0.25, 0.3) is 0 Å². The lowest BCUT2D eigenvalue weighted by molar-refractivity contribution is 0.342. The quantitative estimate of drug-likeness (QED) is 0.326. The fraction of sp³-hybridized carbons (Fsp3) is 0. The summed E-state index contributed by atoms with van der Waals surface area (Å²) in [7, 11) is -0.582. The van der Waals surface area contributed by atoms with Crippen molar-refractivity contribution in [1.82, 2.24) is 0 Å². The molecule has 0 rings (SSSR count). The molecule has 4 heteroatoms. The Morgan fingerprint density at radius 2 is 2.25 bits per heavy atom. The minimum atomic E-state index is -0.582. The number of hydrogen-bond donors (Lipinski definition) is 2. The molecule has 4 heavy (non-hydrogen) atoms. The smallest absolute Gasteiger partial charge is 0.174 e. The highest BCUT2D eigenvalue weighted by Crippen LogP contribution is 1.92. The Balaban J connectivity index is 1.97. The van der Waals surface area contributed by atoms with Crippen molar-refractivity contribution in [2.75, 3.05) is 0 Å². The SMILES string of the molecule is NOPO. The van der Waals surface area contributed by atoms with Gasteiger partial charge in [0.05, 0.1) is 0 Å². The maximum absolute atomic E-state index is 7.56. The van der Waals surface area contributed by atoms with Gasteiger partial charge in [0.15, 0.2) is 9.03 Å². The van der Waals surface area contributed by atoms with E-state index in [4.69, 9.17) is 4.89 Å². The van der Waals surface area contributed by atoms with E-state index in [9.17, 15) is 0 Å². The summed E-state index contributed by atoms with van der Waals surface area (Å²) in [6.07, 6.45) is 0. The maximum atomic E-state index is 7.56. The van der Waals surface area contributed by atoms with E-state index in [-0.39, 0.29) is 0 Å². The molecule has 0 aliphatic heterocycles. The first kappa shape index (κ1) is 4.31. The van der Waals surface area contributed by atoms with Crippen molar-refractivity contribution < 1.29 is 9.52 Å². The highest BCUT2D eigenvalue weighted by Gasteiger charge is 1.53. The second-order valence-electron chi connectivity index (χ2n) is 0.209. The van der Waals surface area contributed by atoms with E-state index >= 15 is 0 Å². The summed E-state index contributed by atoms with van der Waals surface area (Å²) >= 11 is 0. The van der Waals surface area contributed by atoms with Crippen LogP contribution in [0.15, 0.2) is 0 Å². The number of rotatable bonds is 1. The molecule has 1 unspecified atom stereocenters. The summed E-state index contributed by atoms with van der Waals surface area (Å²) in [6.45, 7) is 0. The van der Waals surface area contributed by atoms with Crippen LogP contribution in [0.2, 0.25) is 0 Å². The van der Waals surface area contributed by atoms with Gasteiger partial charge in [-0.1, -0.05) is 0 Å². The van der Waals surface area contributed by atoms with Crippen LogP contribution >= 0.6 is 9.03 Å². The first-order valence-electron chi connectivity index (χ1n) is 0.663. The van der Waals surface area contributed by atoms with Gasteiger partial charge in [0.1, 0.15) is 0 Å². The number of nitrogens with two attached hydrogens (primary N) is 1. The van der Waals surface area contributed by atoms with Crippen LogP contribution in [0.4, 0.5) is 0 Å². The molecule has 0 amide bonds. The molecule has 3 nitrogen and oxygen atoms in total. The Morgan fingerprint density at radius 1 is 2.00 bits per heavy atom. The third-order valence-corrected chi connectivity index (χ3v) is 0.158. The van der Waals surface area contributed by atoms with Crippen LogP contribution in [0.1, 0.15) is 0 Å². The Labute approximate surface area is 25.7 Å². The molecule has 0 aliphatic carbocycles. The Bertz CT molecular complexity index is 8.00. The molecule has 0 aliphatic rings. The third kappa shape index (κ3) is 2.31. The van der Waals surface area contributed by atoms with Gasteiger partial charge in [0, 0.05) is 0 Å². The van der Waals surface area contributed by atoms with Gasteiger partial charge in [-0.15, -0.1) is 0 Å². The lowest BCUT2D eigenvalue weighted by atomic mass is 13.6. The molecule has 0 spiro atoms. The molecule has 0 heterocycles. The van der Waals surface area contributed by atoms with Gasteiger partial charge in [-0.2, -0.15) is 0 Å². The summed E-state index contributed by atoms with van der Waals surface area (Å²) in [5, 5.41) is 0. The van der Waals surface area contributed by atoms with Crippen LogP contribution in [-0.4, -0.2) is 4.89 Å². The largest absolute Gasteiger partial charge is 0.351 e. The van der Waals surface area contributed by atoms with Crippen molar-refractivity contribution >= 4 is 9.03 Å². The lowest BCUT2D eigenvalue weighted by Gasteiger charge is -1.74. The van der Waals surface area contributed by atoms with Crippen LogP contribution in [0.3, 0.4) is 0 Å². The summed E-state index contributed by atoms with van der Waals surface area (Å²) in [5.41, 5.74) is 0. The van der Waals surface area contributed by atoms with Crippen LogP contribution in [0.25, 0.3) is 0 Å². The van der Waals surface area contributed by atoms with E-state index in [0.717, 1.165) is 0 Å². The highest BCUT2D eigenvalue weighted by molar-refractivity contribution is 7.24. The Hall–Kier alpha value is 0.310. The van der Waals surface area contributed by atoms with Gasteiger partial charge in [-0.25, -0.2) is 5.90 Å². The zero-order valence-electron chi connectivity index (χ0n) is 1.93. The van der Waals surface area contributed by atoms with Crippen LogP contribution in [0.5, 0.6) is 0 Å².